The summed E-state index contributed by atoms with van der Waals surface area (Å²) in [6.07, 6.45) is 2.26. The van der Waals surface area contributed by atoms with Gasteiger partial charge in [-0.05, 0) is 24.8 Å². The fourth-order valence-electron chi connectivity index (χ4n) is 1.84. The maximum absolute atomic E-state index is 12.0. The van der Waals surface area contributed by atoms with Crippen molar-refractivity contribution in [2.45, 2.75) is 39.2 Å². The summed E-state index contributed by atoms with van der Waals surface area (Å²) in [5, 5.41) is 12.0. The molecule has 1 aromatic rings. The zero-order valence-electron chi connectivity index (χ0n) is 11.0. The number of nitrogens with zero attached hydrogens (tertiary/aromatic N) is 1. The third kappa shape index (κ3) is 4.21. The van der Waals surface area contributed by atoms with Crippen LogP contribution in [0.1, 0.15) is 32.3 Å². The summed E-state index contributed by atoms with van der Waals surface area (Å²) in [6, 6.07) is 11.9. The molecule has 0 radical (unpaired) electrons. The van der Waals surface area contributed by atoms with Crippen LogP contribution in [-0.2, 0) is 11.2 Å². The first kappa shape index (κ1) is 14.2. The molecule has 0 spiro atoms. The van der Waals surface area contributed by atoms with Crippen LogP contribution >= 0.6 is 0 Å². The molecule has 1 aromatic carbocycles. The van der Waals surface area contributed by atoms with Crippen molar-refractivity contribution in [2.75, 3.05) is 0 Å². The van der Waals surface area contributed by atoms with Crippen molar-refractivity contribution in [3.8, 4) is 6.07 Å². The number of carbonyl (C=O) groups is 1. The monoisotopic (exact) mass is 244 g/mol. The van der Waals surface area contributed by atoms with E-state index in [0.29, 0.717) is 6.42 Å². The van der Waals surface area contributed by atoms with Crippen molar-refractivity contribution in [1.82, 2.24) is 5.32 Å². The van der Waals surface area contributed by atoms with Gasteiger partial charge in [-0.3, -0.25) is 4.79 Å². The number of amides is 1. The Kier molecular flexibility index (Phi) is 5.93. The van der Waals surface area contributed by atoms with Crippen LogP contribution in [0.25, 0.3) is 0 Å². The van der Waals surface area contributed by atoms with Crippen LogP contribution in [-0.4, -0.2) is 11.9 Å². The number of nitriles is 1. The highest BCUT2D eigenvalue weighted by atomic mass is 16.1. The van der Waals surface area contributed by atoms with Gasteiger partial charge in [0.25, 0.3) is 0 Å². The number of carbonyl (C=O) groups excluding carboxylic acids is 1. The van der Waals surface area contributed by atoms with Gasteiger partial charge in [0.2, 0.25) is 5.91 Å². The molecule has 1 rings (SSSR count). The first-order chi connectivity index (χ1) is 8.71. The summed E-state index contributed by atoms with van der Waals surface area (Å²) in [5.74, 6) is -0.761. The molecule has 1 unspecified atom stereocenters. The van der Waals surface area contributed by atoms with Crippen LogP contribution in [0.15, 0.2) is 30.3 Å². The molecule has 0 saturated heterocycles. The Labute approximate surface area is 109 Å². The summed E-state index contributed by atoms with van der Waals surface area (Å²) in [7, 11) is 0. The van der Waals surface area contributed by atoms with Crippen LogP contribution in [0.5, 0.6) is 0 Å². The molecule has 0 aromatic heterocycles. The second-order valence-corrected chi connectivity index (χ2v) is 4.39. The Bertz CT molecular complexity index is 404. The number of benzene rings is 1. The Morgan fingerprint density at radius 3 is 2.39 bits per heavy atom. The summed E-state index contributed by atoms with van der Waals surface area (Å²) >= 11 is 0. The van der Waals surface area contributed by atoms with E-state index in [2.05, 4.69) is 11.4 Å². The summed E-state index contributed by atoms with van der Waals surface area (Å²) in [5.41, 5.74) is 1.02. The lowest BCUT2D eigenvalue weighted by Gasteiger charge is -2.17. The minimum Gasteiger partial charge on any atom is -0.352 e. The molecule has 0 bridgehead atoms. The van der Waals surface area contributed by atoms with E-state index < -0.39 is 5.92 Å². The number of hydrogen-bond donors (Lipinski definition) is 1. The van der Waals surface area contributed by atoms with Crippen molar-refractivity contribution in [1.29, 1.82) is 5.26 Å². The maximum atomic E-state index is 12.0. The van der Waals surface area contributed by atoms with Gasteiger partial charge in [-0.15, -0.1) is 0 Å². The molecule has 1 atom stereocenters. The van der Waals surface area contributed by atoms with Crippen LogP contribution in [0.2, 0.25) is 0 Å². The normalized spacial score (nSPS) is 11.9. The predicted octanol–water partition coefficient (Wildman–Crippen LogP) is 2.67. The topological polar surface area (TPSA) is 52.9 Å². The van der Waals surface area contributed by atoms with Crippen LogP contribution < -0.4 is 5.32 Å². The molecule has 1 amide bonds. The van der Waals surface area contributed by atoms with Gasteiger partial charge in [0, 0.05) is 6.04 Å². The largest absolute Gasteiger partial charge is 0.352 e. The molecule has 1 N–H and O–H groups in total. The quantitative estimate of drug-likeness (QED) is 0.836. The summed E-state index contributed by atoms with van der Waals surface area (Å²) < 4.78 is 0. The van der Waals surface area contributed by atoms with E-state index in [-0.39, 0.29) is 11.9 Å². The molecule has 96 valence electrons. The van der Waals surface area contributed by atoms with E-state index in [1.54, 1.807) is 0 Å². The Morgan fingerprint density at radius 2 is 1.89 bits per heavy atom. The van der Waals surface area contributed by atoms with Gasteiger partial charge >= 0.3 is 0 Å². The molecule has 0 aliphatic carbocycles. The lowest BCUT2D eigenvalue weighted by molar-refractivity contribution is -0.124. The number of nitrogens with one attached hydrogen (secondary N) is 1. The summed E-state index contributed by atoms with van der Waals surface area (Å²) in [6.45, 7) is 4.07. The minimum absolute atomic E-state index is 0.157. The number of rotatable bonds is 6. The van der Waals surface area contributed by atoms with E-state index in [1.165, 1.54) is 0 Å². The Balaban J connectivity index is 2.61. The first-order valence-corrected chi connectivity index (χ1v) is 6.45. The molecular weight excluding hydrogens is 224 g/mol. The molecule has 0 fully saturated rings. The van der Waals surface area contributed by atoms with E-state index >= 15 is 0 Å². The van der Waals surface area contributed by atoms with E-state index in [1.807, 2.05) is 44.2 Å². The van der Waals surface area contributed by atoms with Crippen molar-refractivity contribution >= 4 is 5.91 Å². The van der Waals surface area contributed by atoms with Crippen LogP contribution in [0, 0.1) is 17.2 Å². The Morgan fingerprint density at radius 1 is 1.28 bits per heavy atom. The van der Waals surface area contributed by atoms with Crippen LogP contribution in [0.3, 0.4) is 0 Å². The zero-order chi connectivity index (χ0) is 13.4. The predicted molar refractivity (Wildman–Crippen MR) is 71.8 cm³/mol. The van der Waals surface area contributed by atoms with E-state index in [9.17, 15) is 4.79 Å². The van der Waals surface area contributed by atoms with E-state index in [4.69, 9.17) is 5.26 Å². The highest BCUT2D eigenvalue weighted by Gasteiger charge is 2.20. The smallest absolute Gasteiger partial charge is 0.237 e. The molecule has 0 aliphatic rings. The van der Waals surface area contributed by atoms with Crippen molar-refractivity contribution < 1.29 is 4.79 Å². The molecule has 0 saturated carbocycles. The lowest BCUT2D eigenvalue weighted by atomic mass is 9.99. The highest BCUT2D eigenvalue weighted by Crippen LogP contribution is 2.09. The molecule has 3 nitrogen and oxygen atoms in total. The molecule has 3 heteroatoms. The standard InChI is InChI=1S/C15H20N2O/c1-3-14(4-2)17-15(18)13(11-16)10-12-8-6-5-7-9-12/h5-9,13-14H,3-4,10H2,1-2H3,(H,17,18). The molecule has 0 aliphatic heterocycles. The molecular formula is C15H20N2O. The molecule has 18 heavy (non-hydrogen) atoms. The SMILES string of the molecule is CCC(CC)NC(=O)C(C#N)Cc1ccccc1. The summed E-state index contributed by atoms with van der Waals surface area (Å²) in [4.78, 5) is 12.0. The molecule has 0 heterocycles. The first-order valence-electron chi connectivity index (χ1n) is 6.45. The average molecular weight is 244 g/mol. The van der Waals surface area contributed by atoms with Gasteiger partial charge in [0.1, 0.15) is 5.92 Å². The van der Waals surface area contributed by atoms with Gasteiger partial charge in [-0.2, -0.15) is 5.26 Å². The number of hydrogen-bond acceptors (Lipinski definition) is 2. The van der Waals surface area contributed by atoms with Crippen LogP contribution in [0.4, 0.5) is 0 Å². The van der Waals surface area contributed by atoms with Gasteiger partial charge in [0.05, 0.1) is 6.07 Å². The van der Waals surface area contributed by atoms with E-state index in [0.717, 1.165) is 18.4 Å². The van der Waals surface area contributed by atoms with Gasteiger partial charge in [-0.1, -0.05) is 44.2 Å². The minimum atomic E-state index is -0.604. The van der Waals surface area contributed by atoms with Gasteiger partial charge in [0.15, 0.2) is 0 Å². The van der Waals surface area contributed by atoms with Gasteiger partial charge < -0.3 is 5.32 Å². The van der Waals surface area contributed by atoms with Crippen molar-refractivity contribution in [3.63, 3.8) is 0 Å². The Hall–Kier alpha value is -1.82. The fourth-order valence-corrected chi connectivity index (χ4v) is 1.84. The second kappa shape index (κ2) is 7.50. The maximum Gasteiger partial charge on any atom is 0.237 e. The third-order valence-electron chi connectivity index (χ3n) is 3.09. The lowest BCUT2D eigenvalue weighted by Crippen LogP contribution is -2.38. The van der Waals surface area contributed by atoms with Gasteiger partial charge in [-0.25, -0.2) is 0 Å². The fraction of sp³-hybridized carbons (Fsp3) is 0.467. The second-order valence-electron chi connectivity index (χ2n) is 4.39. The zero-order valence-corrected chi connectivity index (χ0v) is 11.0. The van der Waals surface area contributed by atoms with Crippen molar-refractivity contribution in [2.24, 2.45) is 5.92 Å². The third-order valence-corrected chi connectivity index (χ3v) is 3.09. The average Bonchev–Trinajstić information content (AvgIpc) is 2.43. The highest BCUT2D eigenvalue weighted by molar-refractivity contribution is 5.81. The van der Waals surface area contributed by atoms with Crippen molar-refractivity contribution in [3.05, 3.63) is 35.9 Å².